The van der Waals surface area contributed by atoms with E-state index in [9.17, 15) is 4.79 Å². The largest absolute Gasteiger partial charge is 0.490 e. The predicted octanol–water partition coefficient (Wildman–Crippen LogP) is 7.00. The van der Waals surface area contributed by atoms with Gasteiger partial charge < -0.3 is 10.1 Å². The SMILES string of the molecule is CCCCCCCCCC(CC)Oc1ccccc1[C@@H]1C[C@H]1CNC(=O)CCC. The van der Waals surface area contributed by atoms with E-state index in [0.29, 0.717) is 24.4 Å². The van der Waals surface area contributed by atoms with Gasteiger partial charge in [0.1, 0.15) is 5.75 Å². The van der Waals surface area contributed by atoms with Gasteiger partial charge in [0, 0.05) is 13.0 Å². The summed E-state index contributed by atoms with van der Waals surface area (Å²) < 4.78 is 6.47. The van der Waals surface area contributed by atoms with Crippen molar-refractivity contribution < 1.29 is 9.53 Å². The number of hydrogen-bond acceptors (Lipinski definition) is 2. The van der Waals surface area contributed by atoms with Gasteiger partial charge in [-0.1, -0.05) is 77.5 Å². The molecule has 1 amide bonds. The summed E-state index contributed by atoms with van der Waals surface area (Å²) in [6.45, 7) is 7.35. The summed E-state index contributed by atoms with van der Waals surface area (Å²) in [7, 11) is 0. The van der Waals surface area contributed by atoms with E-state index in [1.165, 1.54) is 50.5 Å². The summed E-state index contributed by atoms with van der Waals surface area (Å²) in [5.74, 6) is 2.34. The predicted molar refractivity (Wildman–Crippen MR) is 123 cm³/mol. The van der Waals surface area contributed by atoms with E-state index in [0.717, 1.165) is 38.0 Å². The average molecular weight is 402 g/mol. The van der Waals surface area contributed by atoms with Crippen molar-refractivity contribution in [2.45, 2.75) is 110 Å². The standard InChI is InChI=1S/C26H43NO2/c1-4-7-8-9-10-11-12-16-22(6-3)29-25-18-14-13-17-23(25)24-19-21(24)20-27-26(28)15-5-2/h13-14,17-18,21-22,24H,4-12,15-16,19-20H2,1-3H3,(H,27,28)/t21-,22?,24+/m0/s1. The monoisotopic (exact) mass is 401 g/mol. The minimum absolute atomic E-state index is 0.184. The van der Waals surface area contributed by atoms with Crippen molar-refractivity contribution in [2.24, 2.45) is 5.92 Å². The molecule has 1 saturated carbocycles. The molecule has 1 fully saturated rings. The van der Waals surface area contributed by atoms with Gasteiger partial charge in [0.15, 0.2) is 0 Å². The molecule has 1 aromatic carbocycles. The Hall–Kier alpha value is -1.51. The maximum absolute atomic E-state index is 11.7. The lowest BCUT2D eigenvalue weighted by Crippen LogP contribution is -2.25. The number of amides is 1. The molecule has 1 aromatic rings. The summed E-state index contributed by atoms with van der Waals surface area (Å²) in [6, 6.07) is 8.55. The van der Waals surface area contributed by atoms with Gasteiger partial charge in [-0.25, -0.2) is 0 Å². The van der Waals surface area contributed by atoms with Crippen molar-refractivity contribution in [2.75, 3.05) is 6.54 Å². The molecule has 1 aliphatic carbocycles. The van der Waals surface area contributed by atoms with Crippen molar-refractivity contribution in [3.8, 4) is 5.75 Å². The van der Waals surface area contributed by atoms with Crippen molar-refractivity contribution >= 4 is 5.91 Å². The minimum atomic E-state index is 0.184. The fraction of sp³-hybridized carbons (Fsp3) is 0.731. The Kier molecular flexibility index (Phi) is 11.2. The van der Waals surface area contributed by atoms with E-state index < -0.39 is 0 Å². The highest BCUT2D eigenvalue weighted by Crippen LogP contribution is 2.50. The van der Waals surface area contributed by atoms with Gasteiger partial charge in [-0.3, -0.25) is 4.79 Å². The molecular formula is C26H43NO2. The van der Waals surface area contributed by atoms with Crippen molar-refractivity contribution in [3.63, 3.8) is 0 Å². The highest BCUT2D eigenvalue weighted by atomic mass is 16.5. The molecular weight excluding hydrogens is 358 g/mol. The van der Waals surface area contributed by atoms with Gasteiger partial charge >= 0.3 is 0 Å². The van der Waals surface area contributed by atoms with Crippen molar-refractivity contribution in [1.82, 2.24) is 5.32 Å². The molecule has 1 aliphatic rings. The zero-order chi connectivity index (χ0) is 20.9. The lowest BCUT2D eigenvalue weighted by Gasteiger charge is -2.20. The molecule has 0 saturated heterocycles. The number of hydrogen-bond donors (Lipinski definition) is 1. The second kappa shape index (κ2) is 13.7. The van der Waals surface area contributed by atoms with Crippen LogP contribution in [0, 0.1) is 5.92 Å². The zero-order valence-corrected chi connectivity index (χ0v) is 19.1. The normalized spacial score (nSPS) is 19.0. The molecule has 3 atom stereocenters. The molecule has 0 spiro atoms. The molecule has 3 nitrogen and oxygen atoms in total. The van der Waals surface area contributed by atoms with Crippen LogP contribution >= 0.6 is 0 Å². The Bertz CT molecular complexity index is 586. The fourth-order valence-electron chi connectivity index (χ4n) is 4.16. The van der Waals surface area contributed by atoms with Crippen LogP contribution in [0.2, 0.25) is 0 Å². The van der Waals surface area contributed by atoms with E-state index in [4.69, 9.17) is 4.74 Å². The number of rotatable bonds is 16. The average Bonchev–Trinajstić information content (AvgIpc) is 3.51. The molecule has 2 rings (SSSR count). The summed E-state index contributed by atoms with van der Waals surface area (Å²) in [5, 5.41) is 3.09. The third-order valence-corrected chi connectivity index (χ3v) is 6.16. The van der Waals surface area contributed by atoms with E-state index >= 15 is 0 Å². The zero-order valence-electron chi connectivity index (χ0n) is 19.1. The first kappa shape index (κ1) is 23.8. The molecule has 164 valence electrons. The van der Waals surface area contributed by atoms with Crippen LogP contribution in [0.15, 0.2) is 24.3 Å². The molecule has 3 heteroatoms. The highest BCUT2D eigenvalue weighted by Gasteiger charge is 2.40. The Morgan fingerprint density at radius 1 is 1.03 bits per heavy atom. The smallest absolute Gasteiger partial charge is 0.219 e. The number of carbonyl (C=O) groups is 1. The molecule has 0 aliphatic heterocycles. The molecule has 29 heavy (non-hydrogen) atoms. The lowest BCUT2D eigenvalue weighted by atomic mass is 10.0. The summed E-state index contributed by atoms with van der Waals surface area (Å²) in [5.41, 5.74) is 1.33. The van der Waals surface area contributed by atoms with Crippen LogP contribution in [0.1, 0.15) is 109 Å². The first-order valence-corrected chi connectivity index (χ1v) is 12.2. The van der Waals surface area contributed by atoms with E-state index in [1.807, 2.05) is 6.92 Å². The topological polar surface area (TPSA) is 38.3 Å². The van der Waals surface area contributed by atoms with E-state index in [2.05, 4.69) is 43.4 Å². The maximum Gasteiger partial charge on any atom is 0.219 e. The van der Waals surface area contributed by atoms with Gasteiger partial charge in [0.05, 0.1) is 6.10 Å². The lowest BCUT2D eigenvalue weighted by molar-refractivity contribution is -0.121. The fourth-order valence-corrected chi connectivity index (χ4v) is 4.16. The second-order valence-corrected chi connectivity index (χ2v) is 8.75. The van der Waals surface area contributed by atoms with Crippen molar-refractivity contribution in [1.29, 1.82) is 0 Å². The van der Waals surface area contributed by atoms with Gasteiger partial charge in [-0.15, -0.1) is 0 Å². The number of benzene rings is 1. The van der Waals surface area contributed by atoms with Crippen LogP contribution < -0.4 is 10.1 Å². The highest BCUT2D eigenvalue weighted by molar-refractivity contribution is 5.75. The number of para-hydroxylation sites is 1. The maximum atomic E-state index is 11.7. The Balaban J connectivity index is 1.76. The van der Waals surface area contributed by atoms with Gasteiger partial charge in [-0.2, -0.15) is 0 Å². The van der Waals surface area contributed by atoms with Gasteiger partial charge in [0.2, 0.25) is 5.91 Å². The Morgan fingerprint density at radius 2 is 1.76 bits per heavy atom. The molecule has 1 unspecified atom stereocenters. The summed E-state index contributed by atoms with van der Waals surface area (Å²) >= 11 is 0. The summed E-state index contributed by atoms with van der Waals surface area (Å²) in [4.78, 5) is 11.7. The molecule has 0 aromatic heterocycles. The van der Waals surface area contributed by atoms with Crippen LogP contribution in [-0.2, 0) is 4.79 Å². The van der Waals surface area contributed by atoms with Crippen molar-refractivity contribution in [3.05, 3.63) is 29.8 Å². The van der Waals surface area contributed by atoms with Crippen LogP contribution in [0.3, 0.4) is 0 Å². The quantitative estimate of drug-likeness (QED) is 0.303. The van der Waals surface area contributed by atoms with E-state index in [1.54, 1.807) is 0 Å². The minimum Gasteiger partial charge on any atom is -0.490 e. The van der Waals surface area contributed by atoms with Gasteiger partial charge in [-0.05, 0) is 55.6 Å². The number of nitrogens with one attached hydrogen (secondary N) is 1. The van der Waals surface area contributed by atoms with Crippen LogP contribution in [0.5, 0.6) is 5.75 Å². The number of unbranched alkanes of at least 4 members (excludes halogenated alkanes) is 6. The number of ether oxygens (including phenoxy) is 1. The first-order chi connectivity index (χ1) is 14.2. The molecule has 1 N–H and O–H groups in total. The third kappa shape index (κ3) is 8.80. The molecule has 0 radical (unpaired) electrons. The Labute approximate surface area is 179 Å². The molecule has 0 heterocycles. The van der Waals surface area contributed by atoms with Crippen LogP contribution in [0.25, 0.3) is 0 Å². The summed E-state index contributed by atoms with van der Waals surface area (Å²) in [6.07, 6.45) is 14.6. The molecule has 0 bridgehead atoms. The van der Waals surface area contributed by atoms with Gasteiger partial charge in [0.25, 0.3) is 0 Å². The Morgan fingerprint density at radius 3 is 2.48 bits per heavy atom. The first-order valence-electron chi connectivity index (χ1n) is 12.2. The number of carbonyl (C=O) groups excluding carboxylic acids is 1. The van der Waals surface area contributed by atoms with Crippen LogP contribution in [-0.4, -0.2) is 18.6 Å². The van der Waals surface area contributed by atoms with E-state index in [-0.39, 0.29) is 5.91 Å². The second-order valence-electron chi connectivity index (χ2n) is 8.75. The van der Waals surface area contributed by atoms with Crippen LogP contribution in [0.4, 0.5) is 0 Å². The third-order valence-electron chi connectivity index (χ3n) is 6.16.